The zero-order valence-electron chi connectivity index (χ0n) is 25.0. The first kappa shape index (κ1) is 33.4. The van der Waals surface area contributed by atoms with Crippen molar-refractivity contribution < 1.29 is 46.5 Å². The zero-order valence-corrected chi connectivity index (χ0v) is 25.8. The number of benzene rings is 3. The fourth-order valence-electron chi connectivity index (χ4n) is 4.80. The van der Waals surface area contributed by atoms with Gasteiger partial charge in [-0.1, -0.05) is 56.3 Å². The Bertz CT molecular complexity index is 1610. The average Bonchev–Trinajstić information content (AvgIpc) is 2.95. The number of carboxylic acids is 1. The van der Waals surface area contributed by atoms with Crippen molar-refractivity contribution in [1.82, 2.24) is 9.62 Å². The third-order valence-electron chi connectivity index (χ3n) is 7.00. The van der Waals surface area contributed by atoms with E-state index >= 15 is 0 Å². The Morgan fingerprint density at radius 1 is 0.956 bits per heavy atom. The van der Waals surface area contributed by atoms with E-state index < -0.39 is 51.8 Å². The number of aliphatic carboxylic acids is 1. The number of nitrogens with zero attached hydrogens (tertiary/aromatic N) is 1. The van der Waals surface area contributed by atoms with Crippen LogP contribution in [0.1, 0.15) is 38.3 Å². The Labute approximate surface area is 261 Å². The van der Waals surface area contributed by atoms with Crippen LogP contribution in [-0.4, -0.2) is 61.3 Å². The van der Waals surface area contributed by atoms with Crippen molar-refractivity contribution in [3.8, 4) is 5.75 Å². The molecule has 3 aromatic rings. The molecule has 0 radical (unpaired) electrons. The van der Waals surface area contributed by atoms with E-state index in [0.717, 1.165) is 5.56 Å². The molecule has 1 fully saturated rings. The van der Waals surface area contributed by atoms with Crippen molar-refractivity contribution >= 4 is 28.1 Å². The molecule has 0 aliphatic carbocycles. The Kier molecular flexibility index (Phi) is 10.5. The van der Waals surface area contributed by atoms with Crippen LogP contribution in [0.3, 0.4) is 0 Å². The second-order valence-corrected chi connectivity index (χ2v) is 13.1. The number of halogens is 1. The molecule has 0 aromatic heterocycles. The molecule has 4 rings (SSSR count). The summed E-state index contributed by atoms with van der Waals surface area (Å²) in [6.07, 6.45) is -2.49. The van der Waals surface area contributed by atoms with Gasteiger partial charge in [-0.15, -0.1) is 0 Å². The summed E-state index contributed by atoms with van der Waals surface area (Å²) < 4.78 is 58.2. The van der Waals surface area contributed by atoms with E-state index in [9.17, 15) is 32.3 Å². The van der Waals surface area contributed by atoms with Crippen molar-refractivity contribution in [1.29, 1.82) is 0 Å². The Morgan fingerprint density at radius 2 is 1.62 bits per heavy atom. The van der Waals surface area contributed by atoms with E-state index in [1.54, 1.807) is 6.07 Å². The topological polar surface area (TPSA) is 149 Å². The number of hydrogen-bond donors (Lipinski definition) is 2. The smallest absolute Gasteiger partial charge is 0.410 e. The van der Waals surface area contributed by atoms with Gasteiger partial charge in [-0.05, 0) is 53.4 Å². The Hall–Kier alpha value is -4.49. The van der Waals surface area contributed by atoms with Gasteiger partial charge in [-0.3, -0.25) is 4.79 Å². The number of sulfonamides is 1. The van der Waals surface area contributed by atoms with Gasteiger partial charge in [0.25, 0.3) is 0 Å². The first-order valence-corrected chi connectivity index (χ1v) is 15.7. The normalized spacial score (nSPS) is 15.8. The van der Waals surface area contributed by atoms with Crippen LogP contribution in [0.15, 0.2) is 83.8 Å². The summed E-state index contributed by atoms with van der Waals surface area (Å²) in [4.78, 5) is 36.0. The van der Waals surface area contributed by atoms with Crippen molar-refractivity contribution in [3.05, 3.63) is 95.8 Å². The molecule has 240 valence electrons. The van der Waals surface area contributed by atoms with Gasteiger partial charge in [-0.25, -0.2) is 22.4 Å². The van der Waals surface area contributed by atoms with Crippen LogP contribution in [0.2, 0.25) is 0 Å². The molecule has 3 aromatic carbocycles. The summed E-state index contributed by atoms with van der Waals surface area (Å²) in [5.74, 6) is -1.95. The maximum Gasteiger partial charge on any atom is 0.410 e. The lowest BCUT2D eigenvalue weighted by Crippen LogP contribution is -2.64. The first-order chi connectivity index (χ1) is 21.3. The number of ether oxygens (including phenoxy) is 3. The molecule has 1 aliphatic rings. The second kappa shape index (κ2) is 14.1. The summed E-state index contributed by atoms with van der Waals surface area (Å²) in [6.45, 7) is 4.93. The number of nitrogens with one attached hydrogen (secondary N) is 1. The predicted octanol–water partition coefficient (Wildman–Crippen LogP) is 4.46. The lowest BCUT2D eigenvalue weighted by atomic mass is 9.87. The van der Waals surface area contributed by atoms with Gasteiger partial charge in [0.2, 0.25) is 16.3 Å². The molecule has 1 unspecified atom stereocenters. The summed E-state index contributed by atoms with van der Waals surface area (Å²) >= 11 is 0. The monoisotopic (exact) mass is 642 g/mol. The van der Waals surface area contributed by atoms with Gasteiger partial charge in [0.1, 0.15) is 17.6 Å². The van der Waals surface area contributed by atoms with E-state index in [0.29, 0.717) is 11.3 Å². The second-order valence-electron chi connectivity index (χ2n) is 11.1. The van der Waals surface area contributed by atoms with Crippen LogP contribution in [0.4, 0.5) is 9.18 Å². The predicted molar refractivity (Wildman–Crippen MR) is 160 cm³/mol. The van der Waals surface area contributed by atoms with Crippen LogP contribution in [0, 0.1) is 11.7 Å². The number of amides is 1. The SMILES string of the molecule is CC(C)CC(=O)OC(C)OC(=O)N[C@@H](Cc1cccc(S(=O)(=O)N2CC(Oc3ccc(F)cc3)(c3ccccc3)C2)c1)C(=O)O. The fraction of sp³-hybridized carbons (Fsp3) is 0.344. The van der Waals surface area contributed by atoms with Crippen molar-refractivity contribution in [2.45, 2.75) is 56.4 Å². The van der Waals surface area contributed by atoms with E-state index in [4.69, 9.17) is 14.2 Å². The van der Waals surface area contributed by atoms with E-state index in [1.165, 1.54) is 53.7 Å². The third-order valence-corrected chi connectivity index (χ3v) is 8.79. The molecule has 0 bridgehead atoms. The summed E-state index contributed by atoms with van der Waals surface area (Å²) in [5.41, 5.74) is 0.0706. The highest BCUT2D eigenvalue weighted by Gasteiger charge is 2.52. The molecular formula is C32H35FN2O9S. The van der Waals surface area contributed by atoms with Crippen LogP contribution in [0.5, 0.6) is 5.75 Å². The quantitative estimate of drug-likeness (QED) is 0.204. The average molecular weight is 643 g/mol. The van der Waals surface area contributed by atoms with Gasteiger partial charge in [0.05, 0.1) is 18.0 Å². The number of esters is 1. The lowest BCUT2D eigenvalue weighted by Gasteiger charge is -2.48. The third kappa shape index (κ3) is 8.58. The van der Waals surface area contributed by atoms with Crippen molar-refractivity contribution in [2.75, 3.05) is 13.1 Å². The highest BCUT2D eigenvalue weighted by atomic mass is 32.2. The molecule has 2 atom stereocenters. The molecule has 1 amide bonds. The Balaban J connectivity index is 1.44. The maximum absolute atomic E-state index is 13.6. The van der Waals surface area contributed by atoms with Crippen LogP contribution in [0.25, 0.3) is 0 Å². The lowest BCUT2D eigenvalue weighted by molar-refractivity contribution is -0.166. The maximum atomic E-state index is 13.6. The van der Waals surface area contributed by atoms with Gasteiger partial charge in [0.15, 0.2) is 5.60 Å². The number of carboxylic acid groups (broad SMARTS) is 1. The van der Waals surface area contributed by atoms with E-state index in [-0.39, 0.29) is 36.7 Å². The highest BCUT2D eigenvalue weighted by molar-refractivity contribution is 7.89. The van der Waals surface area contributed by atoms with Crippen LogP contribution < -0.4 is 10.1 Å². The van der Waals surface area contributed by atoms with E-state index in [2.05, 4.69) is 5.32 Å². The number of hydrogen-bond acceptors (Lipinski definition) is 8. The number of rotatable bonds is 13. The molecule has 11 nitrogen and oxygen atoms in total. The summed E-state index contributed by atoms with van der Waals surface area (Å²) in [7, 11) is -4.03. The molecule has 1 aliphatic heterocycles. The van der Waals surface area contributed by atoms with Crippen molar-refractivity contribution in [2.24, 2.45) is 5.92 Å². The van der Waals surface area contributed by atoms with Crippen LogP contribution in [-0.2, 0) is 41.1 Å². The molecule has 1 saturated heterocycles. The molecule has 0 spiro atoms. The molecule has 1 heterocycles. The number of carbonyl (C=O) groups is 3. The van der Waals surface area contributed by atoms with Crippen LogP contribution >= 0.6 is 0 Å². The molecule has 2 N–H and O–H groups in total. The minimum absolute atomic E-state index is 0.0218. The molecule has 0 saturated carbocycles. The molecule has 45 heavy (non-hydrogen) atoms. The Morgan fingerprint density at radius 3 is 2.24 bits per heavy atom. The largest absolute Gasteiger partial charge is 0.480 e. The highest BCUT2D eigenvalue weighted by Crippen LogP contribution is 2.40. The zero-order chi connectivity index (χ0) is 32.8. The van der Waals surface area contributed by atoms with E-state index in [1.807, 2.05) is 44.2 Å². The summed E-state index contributed by atoms with van der Waals surface area (Å²) in [6, 6.07) is 18.9. The van der Waals surface area contributed by atoms with Gasteiger partial charge < -0.3 is 24.6 Å². The first-order valence-electron chi connectivity index (χ1n) is 14.3. The minimum Gasteiger partial charge on any atom is -0.480 e. The van der Waals surface area contributed by atoms with Crippen molar-refractivity contribution in [3.63, 3.8) is 0 Å². The number of carbonyl (C=O) groups excluding carboxylic acids is 2. The minimum atomic E-state index is -4.03. The fourth-order valence-corrected chi connectivity index (χ4v) is 6.41. The van der Waals surface area contributed by atoms with Gasteiger partial charge in [-0.2, -0.15) is 4.31 Å². The van der Waals surface area contributed by atoms with Gasteiger partial charge >= 0.3 is 18.0 Å². The standard InChI is InChI=1S/C32H35FN2O9S/c1-21(2)16-29(36)42-22(3)43-31(39)34-28(30(37)38)18-23-8-7-11-27(17-23)45(40,41)35-19-32(20-35,24-9-5-4-6-10-24)44-26-14-12-25(33)13-15-26/h4-15,17,21-22,28H,16,18-20H2,1-3H3,(H,34,39)(H,37,38)/t22?,28-/m0/s1. The molecule has 13 heteroatoms. The number of alkyl carbamates (subject to hydrolysis) is 1. The molecular weight excluding hydrogens is 607 g/mol. The van der Waals surface area contributed by atoms with Gasteiger partial charge in [0, 0.05) is 19.8 Å². The summed E-state index contributed by atoms with van der Waals surface area (Å²) in [5, 5.41) is 11.9.